The first-order chi connectivity index (χ1) is 7.18. The Kier molecular flexibility index (Phi) is 3.04. The third kappa shape index (κ3) is 2.56. The van der Waals surface area contributed by atoms with Gasteiger partial charge in [-0.1, -0.05) is 18.2 Å². The molecule has 5 heteroatoms. The van der Waals surface area contributed by atoms with Gasteiger partial charge in [0.05, 0.1) is 11.1 Å². The van der Waals surface area contributed by atoms with Crippen molar-refractivity contribution in [2.24, 2.45) is 0 Å². The number of hydrogen-bond donors (Lipinski definition) is 3. The van der Waals surface area contributed by atoms with Gasteiger partial charge in [0.2, 0.25) is 0 Å². The van der Waals surface area contributed by atoms with Gasteiger partial charge in [0.15, 0.2) is 0 Å². The molecule has 0 aromatic heterocycles. The maximum Gasteiger partial charge on any atom is 0.135 e. The largest absolute Gasteiger partial charge is 0.301 e. The molecule has 1 aliphatic rings. The second-order valence-corrected chi connectivity index (χ2v) is 5.46. The Morgan fingerprint density at radius 2 is 2.13 bits per heavy atom. The van der Waals surface area contributed by atoms with Gasteiger partial charge in [-0.15, -0.1) is 0 Å². The van der Waals surface area contributed by atoms with Crippen LogP contribution in [0.1, 0.15) is 12.8 Å². The molecule has 1 aromatic carbocycles. The lowest BCUT2D eigenvalue weighted by Gasteiger charge is -2.15. The maximum absolute atomic E-state index is 12.1. The lowest BCUT2D eigenvalue weighted by atomic mass is 10.3. The number of nitrogens with one attached hydrogen (secondary N) is 3. The minimum absolute atomic E-state index is 0.00945. The summed E-state index contributed by atoms with van der Waals surface area (Å²) in [6.07, 6.45) is 2.01. The molecular weight excluding hydrogens is 210 g/mol. The van der Waals surface area contributed by atoms with E-state index in [1.807, 2.05) is 6.07 Å². The zero-order valence-corrected chi connectivity index (χ0v) is 9.22. The lowest BCUT2D eigenvalue weighted by molar-refractivity contribution is 0.567. The summed E-state index contributed by atoms with van der Waals surface area (Å²) in [6.45, 7) is 0.933. The zero-order chi connectivity index (χ0) is 10.7. The normalized spacial score (nSPS) is 24.9. The van der Waals surface area contributed by atoms with Crippen molar-refractivity contribution in [3.8, 4) is 0 Å². The summed E-state index contributed by atoms with van der Waals surface area (Å²) in [7, 11) is -2.86. The third-order valence-electron chi connectivity index (χ3n) is 2.44. The number of benzene rings is 1. The monoisotopic (exact) mass is 225 g/mol. The summed E-state index contributed by atoms with van der Waals surface area (Å²) >= 11 is 0. The van der Waals surface area contributed by atoms with Crippen molar-refractivity contribution in [3.63, 3.8) is 0 Å². The second-order valence-electron chi connectivity index (χ2n) is 3.64. The molecule has 2 rings (SSSR count). The van der Waals surface area contributed by atoms with Gasteiger partial charge in [-0.2, -0.15) is 0 Å². The van der Waals surface area contributed by atoms with Gasteiger partial charge in [-0.25, -0.2) is 13.7 Å². The van der Waals surface area contributed by atoms with Gasteiger partial charge in [0.25, 0.3) is 0 Å². The summed E-state index contributed by atoms with van der Waals surface area (Å²) < 4.78 is 22.7. The molecule has 0 bridgehead atoms. The van der Waals surface area contributed by atoms with Gasteiger partial charge in [-0.05, 0) is 31.5 Å². The van der Waals surface area contributed by atoms with Crippen molar-refractivity contribution in [3.05, 3.63) is 30.3 Å². The molecule has 0 amide bonds. The Balaban J connectivity index is 2.13. The molecule has 0 saturated carbocycles. The van der Waals surface area contributed by atoms with Crippen LogP contribution in [0.2, 0.25) is 0 Å². The SMILES string of the molecule is N=S(=O)(NC1CCCN1)c1ccccc1. The smallest absolute Gasteiger partial charge is 0.135 e. The molecule has 0 spiro atoms. The van der Waals surface area contributed by atoms with Crippen LogP contribution >= 0.6 is 0 Å². The Labute approximate surface area is 90.2 Å². The Bertz CT molecular complexity index is 410. The zero-order valence-electron chi connectivity index (χ0n) is 8.40. The third-order valence-corrected chi connectivity index (χ3v) is 4.00. The van der Waals surface area contributed by atoms with Gasteiger partial charge in [0, 0.05) is 0 Å². The van der Waals surface area contributed by atoms with Crippen molar-refractivity contribution >= 4 is 9.92 Å². The molecule has 0 aliphatic carbocycles. The molecule has 2 atom stereocenters. The summed E-state index contributed by atoms with van der Waals surface area (Å²) in [5.41, 5.74) is 0. The highest BCUT2D eigenvalue weighted by atomic mass is 32.2. The minimum atomic E-state index is -2.86. The van der Waals surface area contributed by atoms with E-state index < -0.39 is 9.92 Å². The van der Waals surface area contributed by atoms with Crippen LogP contribution in [0.3, 0.4) is 0 Å². The molecule has 2 unspecified atom stereocenters. The highest BCUT2D eigenvalue weighted by Gasteiger charge is 2.19. The van der Waals surface area contributed by atoms with Crippen LogP contribution < -0.4 is 10.0 Å². The van der Waals surface area contributed by atoms with E-state index in [4.69, 9.17) is 4.78 Å². The van der Waals surface area contributed by atoms with Crippen molar-refractivity contribution < 1.29 is 4.21 Å². The number of hydrogen-bond acceptors (Lipinski definition) is 3. The van der Waals surface area contributed by atoms with Crippen LogP contribution in [0.4, 0.5) is 0 Å². The molecule has 82 valence electrons. The van der Waals surface area contributed by atoms with E-state index in [0.29, 0.717) is 4.90 Å². The van der Waals surface area contributed by atoms with E-state index in [1.165, 1.54) is 0 Å². The average molecular weight is 225 g/mol. The van der Waals surface area contributed by atoms with Gasteiger partial charge < -0.3 is 5.32 Å². The van der Waals surface area contributed by atoms with Gasteiger partial charge in [-0.3, -0.25) is 0 Å². The summed E-state index contributed by atoms with van der Waals surface area (Å²) in [5.74, 6) is 0. The average Bonchev–Trinajstić information content (AvgIpc) is 2.71. The highest BCUT2D eigenvalue weighted by Crippen LogP contribution is 2.11. The first-order valence-electron chi connectivity index (χ1n) is 5.03. The molecule has 15 heavy (non-hydrogen) atoms. The second kappa shape index (κ2) is 4.30. The molecule has 1 fully saturated rings. The summed E-state index contributed by atoms with van der Waals surface area (Å²) in [4.78, 5) is 0.540. The Morgan fingerprint density at radius 3 is 2.73 bits per heavy atom. The molecule has 4 nitrogen and oxygen atoms in total. The number of rotatable bonds is 3. The van der Waals surface area contributed by atoms with Crippen LogP contribution in [0.5, 0.6) is 0 Å². The highest BCUT2D eigenvalue weighted by molar-refractivity contribution is 7.90. The van der Waals surface area contributed by atoms with Crippen molar-refractivity contribution in [1.29, 1.82) is 4.78 Å². The molecule has 0 radical (unpaired) electrons. The standard InChI is InChI=1S/C10H15N3OS/c11-15(14,9-5-2-1-3-6-9)13-10-7-4-8-12-10/h1-3,5-6,10,12H,4,7-8H2,(H2,11,13,14). The fourth-order valence-corrected chi connectivity index (χ4v) is 2.94. The van der Waals surface area contributed by atoms with Crippen LogP contribution in [0.15, 0.2) is 35.2 Å². The summed E-state index contributed by atoms with van der Waals surface area (Å²) in [5, 5.41) is 3.17. The van der Waals surface area contributed by atoms with Crippen LogP contribution in [-0.4, -0.2) is 16.9 Å². The van der Waals surface area contributed by atoms with Crippen molar-refractivity contribution in [1.82, 2.24) is 10.0 Å². The Morgan fingerprint density at radius 1 is 1.40 bits per heavy atom. The minimum Gasteiger partial charge on any atom is -0.301 e. The van der Waals surface area contributed by atoms with Crippen LogP contribution in [0, 0.1) is 4.78 Å². The molecule has 1 saturated heterocycles. The van der Waals surface area contributed by atoms with E-state index in [0.717, 1.165) is 19.4 Å². The van der Waals surface area contributed by atoms with E-state index in [1.54, 1.807) is 24.3 Å². The molecule has 1 aromatic rings. The molecular formula is C10H15N3OS. The van der Waals surface area contributed by atoms with Crippen molar-refractivity contribution in [2.75, 3.05) is 6.54 Å². The van der Waals surface area contributed by atoms with Crippen LogP contribution in [-0.2, 0) is 9.92 Å². The molecule has 3 N–H and O–H groups in total. The topological polar surface area (TPSA) is 65.0 Å². The molecule has 1 aliphatic heterocycles. The fourth-order valence-electron chi connectivity index (χ4n) is 1.67. The van der Waals surface area contributed by atoms with E-state index in [-0.39, 0.29) is 6.17 Å². The predicted octanol–water partition coefficient (Wildman–Crippen LogP) is 1.31. The van der Waals surface area contributed by atoms with Gasteiger partial charge in [0.1, 0.15) is 9.92 Å². The maximum atomic E-state index is 12.1. The van der Waals surface area contributed by atoms with E-state index in [2.05, 4.69) is 10.0 Å². The van der Waals surface area contributed by atoms with Gasteiger partial charge >= 0.3 is 0 Å². The van der Waals surface area contributed by atoms with E-state index >= 15 is 0 Å². The molecule has 1 heterocycles. The van der Waals surface area contributed by atoms with E-state index in [9.17, 15) is 4.21 Å². The quantitative estimate of drug-likeness (QED) is 0.726. The predicted molar refractivity (Wildman–Crippen MR) is 59.7 cm³/mol. The lowest BCUT2D eigenvalue weighted by Crippen LogP contribution is -2.40. The fraction of sp³-hybridized carbons (Fsp3) is 0.400. The Hall–Kier alpha value is -0.910. The van der Waals surface area contributed by atoms with Crippen molar-refractivity contribution in [2.45, 2.75) is 23.9 Å². The first-order valence-corrected chi connectivity index (χ1v) is 6.59. The van der Waals surface area contributed by atoms with Crippen LogP contribution in [0.25, 0.3) is 0 Å². The first kappa shape index (κ1) is 10.6. The summed E-state index contributed by atoms with van der Waals surface area (Å²) in [6, 6.07) is 8.89.